The van der Waals surface area contributed by atoms with Gasteiger partial charge in [-0.25, -0.2) is 4.39 Å². The molecule has 0 bridgehead atoms. The van der Waals surface area contributed by atoms with Gasteiger partial charge in [0.1, 0.15) is 5.82 Å². The number of hydrogen-bond donors (Lipinski definition) is 0. The van der Waals surface area contributed by atoms with Crippen molar-refractivity contribution in [2.75, 3.05) is 10.7 Å². The van der Waals surface area contributed by atoms with Crippen LogP contribution < -0.4 is 0 Å². The van der Waals surface area contributed by atoms with E-state index in [0.717, 1.165) is 22.6 Å². The van der Waals surface area contributed by atoms with Crippen LogP contribution in [0.1, 0.15) is 16.7 Å². The highest BCUT2D eigenvalue weighted by molar-refractivity contribution is 9.09. The van der Waals surface area contributed by atoms with Crippen LogP contribution in [0.25, 0.3) is 0 Å². The second-order valence-electron chi connectivity index (χ2n) is 5.29. The molecule has 0 aliphatic carbocycles. The molecule has 112 valence electrons. The first-order chi connectivity index (χ1) is 10.0. The molecular formula is C17H16Br2ClF. The van der Waals surface area contributed by atoms with Crippen molar-refractivity contribution in [2.45, 2.75) is 18.8 Å². The molecule has 0 amide bonds. The molecule has 2 aromatic rings. The van der Waals surface area contributed by atoms with Crippen LogP contribution in [0.3, 0.4) is 0 Å². The van der Waals surface area contributed by atoms with Crippen LogP contribution in [0.15, 0.2) is 42.5 Å². The van der Waals surface area contributed by atoms with Crippen molar-refractivity contribution < 1.29 is 4.39 Å². The minimum Gasteiger partial charge on any atom is -0.205 e. The maximum Gasteiger partial charge on any atom is 0.142 e. The third kappa shape index (κ3) is 3.69. The fourth-order valence-electron chi connectivity index (χ4n) is 2.58. The van der Waals surface area contributed by atoms with Gasteiger partial charge in [-0.15, -0.1) is 0 Å². The third-order valence-electron chi connectivity index (χ3n) is 3.75. The lowest BCUT2D eigenvalue weighted by Gasteiger charge is -2.32. The van der Waals surface area contributed by atoms with Gasteiger partial charge in [-0.05, 0) is 42.2 Å². The molecule has 0 unspecified atom stereocenters. The van der Waals surface area contributed by atoms with Gasteiger partial charge >= 0.3 is 0 Å². The summed E-state index contributed by atoms with van der Waals surface area (Å²) >= 11 is 13.1. The second kappa shape index (κ2) is 7.26. The lowest BCUT2D eigenvalue weighted by atomic mass is 9.77. The van der Waals surface area contributed by atoms with E-state index >= 15 is 0 Å². The van der Waals surface area contributed by atoms with Gasteiger partial charge in [-0.1, -0.05) is 73.8 Å². The van der Waals surface area contributed by atoms with E-state index in [0.29, 0.717) is 0 Å². The first-order valence-corrected chi connectivity index (χ1v) is 9.26. The Morgan fingerprint density at radius 2 is 1.76 bits per heavy atom. The van der Waals surface area contributed by atoms with Gasteiger partial charge in [0.2, 0.25) is 0 Å². The van der Waals surface area contributed by atoms with Crippen LogP contribution in [0.4, 0.5) is 4.39 Å². The maximum atomic E-state index is 13.7. The number of aryl methyl sites for hydroxylation is 1. The molecule has 0 radical (unpaired) electrons. The van der Waals surface area contributed by atoms with Gasteiger partial charge in [0.25, 0.3) is 0 Å². The Balaban J connectivity index is 2.43. The quantitative estimate of drug-likeness (QED) is 0.502. The van der Waals surface area contributed by atoms with Crippen LogP contribution in [0.2, 0.25) is 5.02 Å². The zero-order valence-electron chi connectivity index (χ0n) is 11.7. The molecule has 0 atom stereocenters. The lowest BCUT2D eigenvalue weighted by molar-refractivity contribution is 0.543. The van der Waals surface area contributed by atoms with Crippen LogP contribution >= 0.6 is 43.5 Å². The van der Waals surface area contributed by atoms with E-state index in [1.54, 1.807) is 6.07 Å². The molecule has 0 nitrogen and oxygen atoms in total. The van der Waals surface area contributed by atoms with Crippen molar-refractivity contribution in [1.29, 1.82) is 0 Å². The van der Waals surface area contributed by atoms with Crippen molar-refractivity contribution in [2.24, 2.45) is 0 Å². The average molecular weight is 435 g/mol. The Morgan fingerprint density at radius 1 is 1.10 bits per heavy atom. The molecule has 0 aromatic heterocycles. The number of benzene rings is 2. The second-order valence-corrected chi connectivity index (χ2v) is 6.82. The largest absolute Gasteiger partial charge is 0.205 e. The van der Waals surface area contributed by atoms with Crippen LogP contribution in [-0.2, 0) is 11.8 Å². The van der Waals surface area contributed by atoms with E-state index in [1.165, 1.54) is 17.2 Å². The topological polar surface area (TPSA) is 0 Å². The zero-order chi connectivity index (χ0) is 15.5. The smallest absolute Gasteiger partial charge is 0.142 e. The normalized spacial score (nSPS) is 11.7. The molecule has 0 saturated heterocycles. The van der Waals surface area contributed by atoms with E-state index in [-0.39, 0.29) is 16.3 Å². The molecule has 0 aliphatic rings. The van der Waals surface area contributed by atoms with Crippen LogP contribution in [0, 0.1) is 12.7 Å². The summed E-state index contributed by atoms with van der Waals surface area (Å²) in [4.78, 5) is 0. The minimum atomic E-state index is -0.364. The van der Waals surface area contributed by atoms with E-state index in [1.807, 2.05) is 18.2 Å². The summed E-state index contributed by atoms with van der Waals surface area (Å²) in [7, 11) is 0. The predicted octanol–water partition coefficient (Wildman–Crippen LogP) is 6.06. The van der Waals surface area contributed by atoms with E-state index in [9.17, 15) is 4.39 Å². The van der Waals surface area contributed by atoms with Gasteiger partial charge < -0.3 is 0 Å². The van der Waals surface area contributed by atoms with Gasteiger partial charge in [-0.2, -0.15) is 0 Å². The zero-order valence-corrected chi connectivity index (χ0v) is 15.6. The van der Waals surface area contributed by atoms with Crippen molar-refractivity contribution in [3.05, 3.63) is 70.0 Å². The first-order valence-electron chi connectivity index (χ1n) is 6.64. The van der Waals surface area contributed by atoms with Crippen LogP contribution in [-0.4, -0.2) is 10.7 Å². The number of halogens is 4. The summed E-state index contributed by atoms with van der Waals surface area (Å²) < 4.78 is 13.7. The molecule has 2 aromatic carbocycles. The van der Waals surface area contributed by atoms with Crippen molar-refractivity contribution in [1.82, 2.24) is 0 Å². The number of hydrogen-bond acceptors (Lipinski definition) is 0. The fourth-order valence-corrected chi connectivity index (χ4v) is 4.62. The van der Waals surface area contributed by atoms with Crippen molar-refractivity contribution in [3.8, 4) is 0 Å². The summed E-state index contributed by atoms with van der Waals surface area (Å²) in [5.41, 5.74) is 3.34. The monoisotopic (exact) mass is 432 g/mol. The summed E-state index contributed by atoms with van der Waals surface area (Å²) in [6, 6.07) is 13.4. The maximum absolute atomic E-state index is 13.7. The summed E-state index contributed by atoms with van der Waals surface area (Å²) in [5, 5.41) is 1.75. The van der Waals surface area contributed by atoms with Crippen molar-refractivity contribution >= 4 is 43.5 Å². The average Bonchev–Trinajstić information content (AvgIpc) is 2.49. The summed E-state index contributed by atoms with van der Waals surface area (Å²) in [6.45, 7) is 2.11. The highest BCUT2D eigenvalue weighted by Gasteiger charge is 2.31. The highest BCUT2D eigenvalue weighted by Crippen LogP contribution is 2.35. The molecule has 0 spiro atoms. The Hall–Kier alpha value is -0.380. The minimum absolute atomic E-state index is 0.119. The number of rotatable bonds is 5. The molecule has 0 saturated carbocycles. The third-order valence-corrected chi connectivity index (χ3v) is 6.21. The van der Waals surface area contributed by atoms with E-state index < -0.39 is 0 Å². The summed E-state index contributed by atoms with van der Waals surface area (Å²) in [6.07, 6.45) is 0.739. The molecule has 21 heavy (non-hydrogen) atoms. The van der Waals surface area contributed by atoms with Gasteiger partial charge in [-0.3, -0.25) is 0 Å². The molecule has 0 heterocycles. The molecule has 0 fully saturated rings. The standard InChI is InChI=1S/C17H16Br2ClF/c1-12-4-2-3-5-14(12)17(10-18,11-19)9-13-6-7-15(20)16(21)8-13/h2-8H,9-11H2,1H3. The molecular weight excluding hydrogens is 418 g/mol. The number of alkyl halides is 2. The van der Waals surface area contributed by atoms with Crippen molar-refractivity contribution in [3.63, 3.8) is 0 Å². The molecule has 4 heteroatoms. The van der Waals surface area contributed by atoms with E-state index in [2.05, 4.69) is 50.9 Å². The molecule has 0 aliphatic heterocycles. The van der Waals surface area contributed by atoms with Gasteiger partial charge in [0.15, 0.2) is 0 Å². The Bertz CT molecular complexity index is 624. The first kappa shape index (κ1) is 17.0. The molecule has 2 rings (SSSR count). The summed E-state index contributed by atoms with van der Waals surface area (Å²) in [5.74, 6) is -0.364. The van der Waals surface area contributed by atoms with Crippen LogP contribution in [0.5, 0.6) is 0 Å². The highest BCUT2D eigenvalue weighted by atomic mass is 79.9. The molecule has 0 N–H and O–H groups in total. The SMILES string of the molecule is Cc1ccccc1C(CBr)(CBr)Cc1ccc(Cl)c(F)c1. The van der Waals surface area contributed by atoms with E-state index in [4.69, 9.17) is 11.6 Å². The Morgan fingerprint density at radius 3 is 2.33 bits per heavy atom. The Labute approximate surface area is 147 Å². The fraction of sp³-hybridized carbons (Fsp3) is 0.294. The predicted molar refractivity (Wildman–Crippen MR) is 95.6 cm³/mol. The van der Waals surface area contributed by atoms with Gasteiger partial charge in [0.05, 0.1) is 5.02 Å². The van der Waals surface area contributed by atoms with Gasteiger partial charge in [0, 0.05) is 16.1 Å². The lowest BCUT2D eigenvalue weighted by Crippen LogP contribution is -2.33. The Kier molecular flexibility index (Phi) is 5.87.